The summed E-state index contributed by atoms with van der Waals surface area (Å²) >= 11 is 0. The number of hydrogen-bond donors (Lipinski definition) is 0. The highest BCUT2D eigenvalue weighted by Crippen LogP contribution is 2.32. The van der Waals surface area contributed by atoms with E-state index in [1.807, 2.05) is 4.90 Å². The Balaban J connectivity index is 1.66. The van der Waals surface area contributed by atoms with Crippen molar-refractivity contribution in [1.82, 2.24) is 9.80 Å². The van der Waals surface area contributed by atoms with E-state index in [0.29, 0.717) is 13.2 Å². The molecule has 0 spiro atoms. The first-order valence-electron chi connectivity index (χ1n) is 6.44. The highest BCUT2D eigenvalue weighted by atomic mass is 16.5. The van der Waals surface area contributed by atoms with Crippen LogP contribution in [0.5, 0.6) is 0 Å². The van der Waals surface area contributed by atoms with Crippen molar-refractivity contribution < 1.29 is 14.3 Å². The minimum Gasteiger partial charge on any atom is -0.378 e. The van der Waals surface area contributed by atoms with E-state index in [-0.39, 0.29) is 24.0 Å². The Morgan fingerprint density at radius 2 is 2.00 bits per heavy atom. The lowest BCUT2D eigenvalue weighted by Crippen LogP contribution is -2.47. The van der Waals surface area contributed by atoms with Crippen molar-refractivity contribution in [3.05, 3.63) is 0 Å². The Morgan fingerprint density at radius 3 is 2.76 bits per heavy atom. The van der Waals surface area contributed by atoms with Gasteiger partial charge >= 0.3 is 0 Å². The van der Waals surface area contributed by atoms with Crippen LogP contribution >= 0.6 is 0 Å². The molecule has 3 atom stereocenters. The Bertz CT molecular complexity index is 304. The minimum atomic E-state index is 0.0723. The topological polar surface area (TPSA) is 42.0 Å². The molecule has 0 N–H and O–H groups in total. The molecule has 5 heteroatoms. The summed E-state index contributed by atoms with van der Waals surface area (Å²) in [7, 11) is 2.10. The zero-order valence-electron chi connectivity index (χ0n) is 10.3. The molecule has 3 aliphatic rings. The zero-order chi connectivity index (χ0) is 11.8. The van der Waals surface area contributed by atoms with Crippen LogP contribution in [-0.4, -0.2) is 74.4 Å². The maximum atomic E-state index is 12.4. The molecule has 5 nitrogen and oxygen atoms in total. The molecule has 0 saturated carbocycles. The number of carbonyl (C=O) groups is 1. The molecule has 3 rings (SSSR count). The standard InChI is InChI=1S/C12H20N2O3/c1-13-7-9-6-10(11(8-13)17-9)12(15)14-2-4-16-5-3-14/h9-11H,2-8H2,1H3/t9-,10+,11-/m1/s1. The van der Waals surface area contributed by atoms with Crippen LogP contribution in [0, 0.1) is 5.92 Å². The molecule has 0 unspecified atom stereocenters. The summed E-state index contributed by atoms with van der Waals surface area (Å²) in [6, 6.07) is 0. The number of amides is 1. The van der Waals surface area contributed by atoms with E-state index in [0.717, 1.165) is 32.6 Å². The quantitative estimate of drug-likeness (QED) is 0.623. The molecule has 2 bridgehead atoms. The maximum absolute atomic E-state index is 12.4. The van der Waals surface area contributed by atoms with Crippen molar-refractivity contribution in [3.8, 4) is 0 Å². The average Bonchev–Trinajstić information content (AvgIpc) is 2.65. The maximum Gasteiger partial charge on any atom is 0.228 e. The number of carbonyl (C=O) groups excluding carboxylic acids is 1. The van der Waals surface area contributed by atoms with Gasteiger partial charge in [0.2, 0.25) is 5.91 Å². The SMILES string of the molecule is CN1C[C@H]2C[C@H](C(=O)N3CCOCC3)[C@@H](C1)O2. The molecule has 3 aliphatic heterocycles. The van der Waals surface area contributed by atoms with Gasteiger partial charge in [0.25, 0.3) is 0 Å². The monoisotopic (exact) mass is 240 g/mol. The van der Waals surface area contributed by atoms with E-state index in [9.17, 15) is 4.79 Å². The second-order valence-corrected chi connectivity index (χ2v) is 5.30. The van der Waals surface area contributed by atoms with Crippen LogP contribution in [-0.2, 0) is 14.3 Å². The van der Waals surface area contributed by atoms with E-state index in [2.05, 4.69) is 11.9 Å². The Morgan fingerprint density at radius 1 is 1.24 bits per heavy atom. The van der Waals surface area contributed by atoms with E-state index in [1.165, 1.54) is 0 Å². The van der Waals surface area contributed by atoms with Gasteiger partial charge in [-0.05, 0) is 13.5 Å². The summed E-state index contributed by atoms with van der Waals surface area (Å²) in [5.74, 6) is 0.346. The number of likely N-dealkylation sites (N-methyl/N-ethyl adjacent to an activating group) is 1. The van der Waals surface area contributed by atoms with Crippen LogP contribution in [0.4, 0.5) is 0 Å². The molecule has 1 amide bonds. The van der Waals surface area contributed by atoms with Gasteiger partial charge in [-0.3, -0.25) is 4.79 Å². The van der Waals surface area contributed by atoms with Gasteiger partial charge in [-0.25, -0.2) is 0 Å². The summed E-state index contributed by atoms with van der Waals surface area (Å²) < 4.78 is 11.2. The molecular formula is C12H20N2O3. The number of hydrogen-bond acceptors (Lipinski definition) is 4. The van der Waals surface area contributed by atoms with Gasteiger partial charge in [-0.15, -0.1) is 0 Å². The molecule has 96 valence electrons. The number of nitrogens with zero attached hydrogens (tertiary/aromatic N) is 2. The molecule has 3 saturated heterocycles. The lowest BCUT2D eigenvalue weighted by molar-refractivity contribution is -0.142. The molecule has 0 aromatic carbocycles. The lowest BCUT2D eigenvalue weighted by Gasteiger charge is -2.32. The summed E-state index contributed by atoms with van der Waals surface area (Å²) in [6.07, 6.45) is 1.26. The fourth-order valence-electron chi connectivity index (χ4n) is 3.13. The molecule has 3 fully saturated rings. The van der Waals surface area contributed by atoms with Crippen LogP contribution in [0.15, 0.2) is 0 Å². The van der Waals surface area contributed by atoms with E-state index < -0.39 is 0 Å². The largest absolute Gasteiger partial charge is 0.378 e. The van der Waals surface area contributed by atoms with Crippen molar-refractivity contribution in [3.63, 3.8) is 0 Å². The molecule has 0 aromatic heterocycles. The first-order chi connectivity index (χ1) is 8.24. The predicted molar refractivity (Wildman–Crippen MR) is 61.7 cm³/mol. The van der Waals surface area contributed by atoms with Crippen LogP contribution < -0.4 is 0 Å². The summed E-state index contributed by atoms with van der Waals surface area (Å²) in [6.45, 7) is 4.67. The number of ether oxygens (including phenoxy) is 2. The predicted octanol–water partition coefficient (Wildman–Crippen LogP) is -0.436. The van der Waals surface area contributed by atoms with Crippen molar-refractivity contribution in [2.75, 3.05) is 46.4 Å². The lowest BCUT2D eigenvalue weighted by atomic mass is 9.98. The first kappa shape index (κ1) is 11.4. The van der Waals surface area contributed by atoms with Crippen molar-refractivity contribution in [1.29, 1.82) is 0 Å². The third-order valence-electron chi connectivity index (χ3n) is 3.98. The number of fused-ring (bicyclic) bond motifs is 2. The Labute approximate surface area is 102 Å². The Hall–Kier alpha value is -0.650. The third kappa shape index (κ3) is 2.19. The first-order valence-corrected chi connectivity index (χ1v) is 6.44. The molecule has 3 heterocycles. The summed E-state index contributed by atoms with van der Waals surface area (Å²) in [5.41, 5.74) is 0. The third-order valence-corrected chi connectivity index (χ3v) is 3.98. The van der Waals surface area contributed by atoms with Gasteiger partial charge < -0.3 is 19.3 Å². The van der Waals surface area contributed by atoms with Gasteiger partial charge in [0.1, 0.15) is 0 Å². The summed E-state index contributed by atoms with van der Waals surface area (Å²) in [5, 5.41) is 0. The van der Waals surface area contributed by atoms with Crippen molar-refractivity contribution in [2.45, 2.75) is 18.6 Å². The molecule has 0 aliphatic carbocycles. The van der Waals surface area contributed by atoms with Crippen LogP contribution in [0.1, 0.15) is 6.42 Å². The van der Waals surface area contributed by atoms with Gasteiger partial charge in [-0.2, -0.15) is 0 Å². The summed E-state index contributed by atoms with van der Waals surface area (Å²) in [4.78, 5) is 16.6. The van der Waals surface area contributed by atoms with Gasteiger partial charge in [0, 0.05) is 26.2 Å². The van der Waals surface area contributed by atoms with Gasteiger partial charge in [-0.1, -0.05) is 0 Å². The highest BCUT2D eigenvalue weighted by Gasteiger charge is 2.45. The van der Waals surface area contributed by atoms with Gasteiger partial charge in [0.05, 0.1) is 31.3 Å². The molecular weight excluding hydrogens is 220 g/mol. The van der Waals surface area contributed by atoms with Crippen LogP contribution in [0.3, 0.4) is 0 Å². The fraction of sp³-hybridized carbons (Fsp3) is 0.917. The average molecular weight is 240 g/mol. The minimum absolute atomic E-state index is 0.0723. The van der Waals surface area contributed by atoms with Crippen molar-refractivity contribution >= 4 is 5.91 Å². The molecule has 0 aromatic rings. The second kappa shape index (κ2) is 4.55. The Kier molecular flexibility index (Phi) is 3.06. The van der Waals surface area contributed by atoms with Gasteiger partial charge in [0.15, 0.2) is 0 Å². The number of likely N-dealkylation sites (tertiary alicyclic amines) is 1. The number of morpholine rings is 2. The normalized spacial score (nSPS) is 38.4. The molecule has 17 heavy (non-hydrogen) atoms. The van der Waals surface area contributed by atoms with E-state index >= 15 is 0 Å². The fourth-order valence-corrected chi connectivity index (χ4v) is 3.13. The number of rotatable bonds is 1. The van der Waals surface area contributed by atoms with E-state index in [4.69, 9.17) is 9.47 Å². The van der Waals surface area contributed by atoms with E-state index in [1.54, 1.807) is 0 Å². The van der Waals surface area contributed by atoms with Crippen LogP contribution in [0.2, 0.25) is 0 Å². The smallest absolute Gasteiger partial charge is 0.228 e. The molecule has 0 radical (unpaired) electrons. The highest BCUT2D eigenvalue weighted by molar-refractivity contribution is 5.80. The van der Waals surface area contributed by atoms with Crippen molar-refractivity contribution in [2.24, 2.45) is 5.92 Å². The van der Waals surface area contributed by atoms with Crippen LogP contribution in [0.25, 0.3) is 0 Å². The second-order valence-electron chi connectivity index (χ2n) is 5.30. The zero-order valence-corrected chi connectivity index (χ0v) is 10.3.